The van der Waals surface area contributed by atoms with Crippen LogP contribution in [0, 0.1) is 6.92 Å². The molecule has 0 saturated carbocycles. The summed E-state index contributed by atoms with van der Waals surface area (Å²) in [4.78, 5) is 30.1. The Morgan fingerprint density at radius 1 is 1.09 bits per heavy atom. The van der Waals surface area contributed by atoms with Gasteiger partial charge >= 0.3 is 0 Å². The molecule has 2 aliphatic rings. The third-order valence-corrected chi connectivity index (χ3v) is 6.23. The summed E-state index contributed by atoms with van der Waals surface area (Å²) in [7, 11) is 0. The van der Waals surface area contributed by atoms with E-state index in [4.69, 9.17) is 9.47 Å². The van der Waals surface area contributed by atoms with E-state index in [-0.39, 0.29) is 17.4 Å². The lowest BCUT2D eigenvalue weighted by atomic mass is 9.95. The second kappa shape index (κ2) is 10.4. The number of hydrogen-bond acceptors (Lipinski definition) is 6. The molecule has 1 N–H and O–H groups in total. The maximum absolute atomic E-state index is 13.2. The Bertz CT molecular complexity index is 1070. The fourth-order valence-corrected chi connectivity index (χ4v) is 4.50. The highest BCUT2D eigenvalue weighted by atomic mass is 16.5. The Hall–Kier alpha value is -3.16. The largest absolute Gasteiger partial charge is 0.507 e. The highest BCUT2D eigenvalue weighted by Gasteiger charge is 2.46. The third kappa shape index (κ3) is 5.00. The van der Waals surface area contributed by atoms with Crippen LogP contribution in [0.15, 0.2) is 54.1 Å². The quantitative estimate of drug-likeness (QED) is 0.384. The van der Waals surface area contributed by atoms with Gasteiger partial charge in [0.05, 0.1) is 30.9 Å². The number of likely N-dealkylation sites (tertiary alicyclic amines) is 1. The van der Waals surface area contributed by atoms with Gasteiger partial charge in [-0.2, -0.15) is 0 Å². The number of morpholine rings is 1. The molecule has 34 heavy (non-hydrogen) atoms. The molecule has 2 aliphatic heterocycles. The number of ether oxygens (including phenoxy) is 2. The molecule has 2 heterocycles. The van der Waals surface area contributed by atoms with Crippen molar-refractivity contribution in [2.45, 2.75) is 32.9 Å². The van der Waals surface area contributed by atoms with Crippen molar-refractivity contribution in [3.8, 4) is 5.75 Å². The average Bonchev–Trinajstić information content (AvgIpc) is 3.09. The first-order valence-electron chi connectivity index (χ1n) is 11.8. The van der Waals surface area contributed by atoms with E-state index >= 15 is 0 Å². The lowest BCUT2D eigenvalue weighted by Crippen LogP contribution is -2.42. The van der Waals surface area contributed by atoms with Gasteiger partial charge in [0.15, 0.2) is 0 Å². The van der Waals surface area contributed by atoms with E-state index in [1.165, 1.54) is 0 Å². The highest BCUT2D eigenvalue weighted by molar-refractivity contribution is 6.46. The summed E-state index contributed by atoms with van der Waals surface area (Å²) >= 11 is 0. The summed E-state index contributed by atoms with van der Waals surface area (Å²) in [6, 6.07) is 14.1. The molecule has 2 aromatic rings. The smallest absolute Gasteiger partial charge is 0.295 e. The van der Waals surface area contributed by atoms with E-state index in [0.29, 0.717) is 31.9 Å². The summed E-state index contributed by atoms with van der Waals surface area (Å²) in [6.45, 7) is 9.74. The lowest BCUT2D eigenvalue weighted by molar-refractivity contribution is -0.140. The van der Waals surface area contributed by atoms with E-state index in [1.54, 1.807) is 23.1 Å². The zero-order valence-corrected chi connectivity index (χ0v) is 20.0. The Balaban J connectivity index is 1.70. The number of carbonyl (C=O) groups excluding carboxylic acids is 2. The maximum atomic E-state index is 13.2. The Labute approximate surface area is 200 Å². The second-order valence-corrected chi connectivity index (χ2v) is 9.00. The maximum Gasteiger partial charge on any atom is 0.295 e. The summed E-state index contributed by atoms with van der Waals surface area (Å²) in [5.41, 5.74) is 2.24. The van der Waals surface area contributed by atoms with Crippen molar-refractivity contribution in [3.05, 3.63) is 70.8 Å². The van der Waals surface area contributed by atoms with Crippen molar-refractivity contribution in [1.82, 2.24) is 9.80 Å². The Morgan fingerprint density at radius 2 is 1.79 bits per heavy atom. The fraction of sp³-hybridized carbons (Fsp3) is 0.407. The molecule has 7 heteroatoms. The van der Waals surface area contributed by atoms with Crippen molar-refractivity contribution < 1.29 is 24.2 Å². The van der Waals surface area contributed by atoms with Crippen molar-refractivity contribution in [1.29, 1.82) is 0 Å². The molecule has 0 spiro atoms. The van der Waals surface area contributed by atoms with Gasteiger partial charge in [0.2, 0.25) is 0 Å². The van der Waals surface area contributed by atoms with E-state index in [0.717, 1.165) is 30.0 Å². The fourth-order valence-electron chi connectivity index (χ4n) is 4.50. The van der Waals surface area contributed by atoms with Gasteiger partial charge in [0, 0.05) is 31.7 Å². The Kier molecular flexibility index (Phi) is 7.34. The van der Waals surface area contributed by atoms with Crippen LogP contribution >= 0.6 is 0 Å². The zero-order valence-electron chi connectivity index (χ0n) is 20.0. The molecule has 1 unspecified atom stereocenters. The number of nitrogens with zero attached hydrogens (tertiary/aromatic N) is 2. The molecule has 2 aromatic carbocycles. The summed E-state index contributed by atoms with van der Waals surface area (Å²) in [6.07, 6.45) is 0.0213. The van der Waals surface area contributed by atoms with Gasteiger partial charge in [-0.1, -0.05) is 30.3 Å². The Morgan fingerprint density at radius 3 is 2.44 bits per heavy atom. The van der Waals surface area contributed by atoms with E-state index < -0.39 is 17.7 Å². The predicted octanol–water partition coefficient (Wildman–Crippen LogP) is 3.54. The number of benzene rings is 2. The van der Waals surface area contributed by atoms with E-state index in [2.05, 4.69) is 4.90 Å². The molecule has 180 valence electrons. The van der Waals surface area contributed by atoms with Gasteiger partial charge in [-0.25, -0.2) is 0 Å². The number of hydrogen-bond donors (Lipinski definition) is 1. The van der Waals surface area contributed by atoms with Crippen LogP contribution in [-0.2, 0) is 14.3 Å². The molecule has 2 fully saturated rings. The minimum Gasteiger partial charge on any atom is -0.507 e. The van der Waals surface area contributed by atoms with Gasteiger partial charge in [0.25, 0.3) is 11.7 Å². The number of aliphatic hydroxyl groups excluding tert-OH is 1. The predicted molar refractivity (Wildman–Crippen MR) is 130 cm³/mol. The number of aryl methyl sites for hydroxylation is 1. The monoisotopic (exact) mass is 464 g/mol. The number of amides is 1. The summed E-state index contributed by atoms with van der Waals surface area (Å²) in [5, 5.41) is 11.3. The van der Waals surface area contributed by atoms with Crippen molar-refractivity contribution in [2.75, 3.05) is 39.4 Å². The average molecular weight is 465 g/mol. The standard InChI is InChI=1S/C27H32N2O5/c1-18(2)34-22-10-9-21(17-19(22)3)25(30)23-24(20-7-5-4-6-8-20)29(27(32)26(23)31)12-11-28-13-15-33-16-14-28/h4-10,17-18,24,30H,11-16H2,1-3H3/b25-23-. The van der Waals surface area contributed by atoms with Crippen molar-refractivity contribution >= 4 is 17.4 Å². The molecule has 1 amide bonds. The number of carbonyl (C=O) groups is 2. The van der Waals surface area contributed by atoms with Crippen LogP contribution in [0.2, 0.25) is 0 Å². The van der Waals surface area contributed by atoms with Crippen LogP contribution in [0.5, 0.6) is 5.75 Å². The lowest BCUT2D eigenvalue weighted by Gasteiger charge is -2.31. The van der Waals surface area contributed by atoms with Gasteiger partial charge in [0.1, 0.15) is 11.5 Å². The molecule has 0 aliphatic carbocycles. The summed E-state index contributed by atoms with van der Waals surface area (Å²) in [5.74, 6) is -0.689. The second-order valence-electron chi connectivity index (χ2n) is 9.00. The first-order chi connectivity index (χ1) is 16.4. The summed E-state index contributed by atoms with van der Waals surface area (Å²) < 4.78 is 11.2. The van der Waals surface area contributed by atoms with Crippen LogP contribution in [0.4, 0.5) is 0 Å². The van der Waals surface area contributed by atoms with Crippen molar-refractivity contribution in [3.63, 3.8) is 0 Å². The first-order valence-corrected chi connectivity index (χ1v) is 11.8. The van der Waals surface area contributed by atoms with Gasteiger partial charge < -0.3 is 19.5 Å². The van der Waals surface area contributed by atoms with E-state index in [9.17, 15) is 14.7 Å². The van der Waals surface area contributed by atoms with Crippen LogP contribution in [0.25, 0.3) is 5.76 Å². The van der Waals surface area contributed by atoms with Crippen LogP contribution in [0.1, 0.15) is 36.6 Å². The molecule has 2 saturated heterocycles. The zero-order chi connectivity index (χ0) is 24.2. The number of Topliss-reactive ketones (excluding diaryl/α,β-unsaturated/α-hetero) is 1. The molecule has 0 aromatic heterocycles. The van der Waals surface area contributed by atoms with Gasteiger partial charge in [-0.15, -0.1) is 0 Å². The molecular weight excluding hydrogens is 432 g/mol. The number of aliphatic hydroxyl groups is 1. The normalized spacial score (nSPS) is 20.8. The molecule has 0 bridgehead atoms. The number of rotatable bonds is 7. The first kappa shape index (κ1) is 24.0. The minimum atomic E-state index is -0.659. The van der Waals surface area contributed by atoms with Crippen LogP contribution in [0.3, 0.4) is 0 Å². The van der Waals surface area contributed by atoms with Crippen LogP contribution in [-0.4, -0.2) is 72.1 Å². The molecule has 7 nitrogen and oxygen atoms in total. The highest BCUT2D eigenvalue weighted by Crippen LogP contribution is 2.39. The van der Waals surface area contributed by atoms with Gasteiger partial charge in [-0.05, 0) is 50.1 Å². The topological polar surface area (TPSA) is 79.3 Å². The van der Waals surface area contributed by atoms with Crippen LogP contribution < -0.4 is 4.74 Å². The SMILES string of the molecule is Cc1cc(/C(O)=C2/C(=O)C(=O)N(CCN3CCOCC3)C2c2ccccc2)ccc1OC(C)C. The van der Waals surface area contributed by atoms with Crippen molar-refractivity contribution in [2.24, 2.45) is 0 Å². The molecule has 0 radical (unpaired) electrons. The molecular formula is C27H32N2O5. The minimum absolute atomic E-state index is 0.0213. The number of ketones is 1. The van der Waals surface area contributed by atoms with Gasteiger partial charge in [-0.3, -0.25) is 14.5 Å². The third-order valence-electron chi connectivity index (χ3n) is 6.23. The van der Waals surface area contributed by atoms with E-state index in [1.807, 2.05) is 51.1 Å². The molecule has 4 rings (SSSR count). The molecule has 1 atom stereocenters.